The maximum atomic E-state index is 13.0. The molecule has 0 radical (unpaired) electrons. The van der Waals surface area contributed by atoms with E-state index in [0.717, 1.165) is 57.8 Å². The Morgan fingerprint density at radius 1 is 0.569 bits per heavy atom. The van der Waals surface area contributed by atoms with Gasteiger partial charge in [0.05, 0.1) is 18.8 Å². The van der Waals surface area contributed by atoms with Gasteiger partial charge in [0.15, 0.2) is 6.10 Å². The summed E-state index contributed by atoms with van der Waals surface area (Å²) in [5.41, 5.74) is 0. The third kappa shape index (κ3) is 29.9. The van der Waals surface area contributed by atoms with E-state index in [-0.39, 0.29) is 32.1 Å². The number of hydrogen-bond donors (Lipinski definition) is 9. The van der Waals surface area contributed by atoms with Crippen molar-refractivity contribution in [3.63, 3.8) is 0 Å². The molecule has 1 saturated carbocycles. The van der Waals surface area contributed by atoms with Crippen molar-refractivity contribution in [2.75, 3.05) is 13.2 Å². The summed E-state index contributed by atoms with van der Waals surface area (Å²) >= 11 is 0. The number of ether oxygens (including phenoxy) is 2. The normalized spacial score (nSPS) is 23.2. The SMILES string of the molecule is CC/C=C\C/C=C\C/C=C\C/C=C\C[C@@H](O)[C@H](O)CCCC(=O)O[C@H](COC(=O)CCCCCCC/C=C\CCCCCC)COP(=O)(O)O[C@H]1C(O)C(O)C(O)[C@@H](OP(=O)(O)O)C1O. The van der Waals surface area contributed by atoms with Gasteiger partial charge in [-0.3, -0.25) is 23.2 Å². The van der Waals surface area contributed by atoms with E-state index >= 15 is 0 Å². The van der Waals surface area contributed by atoms with Crippen molar-refractivity contribution in [3.8, 4) is 0 Å². The van der Waals surface area contributed by atoms with Gasteiger partial charge < -0.3 is 54.8 Å². The summed E-state index contributed by atoms with van der Waals surface area (Å²) in [7, 11) is -10.8. The fraction of sp³-hybridized carbons (Fsp3) is 0.733. The molecule has 0 aromatic heterocycles. The standard InChI is InChI=1S/C45H78O18P2/c1-3-5-7-9-11-13-15-17-19-21-23-25-27-31-38(48)59-33-35(34-60-65(57,58)63-45-42(52)40(50)41(51)44(43(45)53)62-64(54,55)56)61-39(49)32-28-30-37(47)36(46)29-26-24-22-20-18-16-14-12-10-8-6-4-2/h6,8,12-15,18,20,24,26,35-37,40-47,50-53H,3-5,7,9-11,16-17,19,21-23,25,27-34H2,1-2H3,(H,57,58)(H2,54,55,56)/b8-6-,14-12-,15-13-,20-18-,26-24-/t35-,36-,37-,40?,41?,42?,43?,44-,45+/m1/s1. The van der Waals surface area contributed by atoms with Crippen LogP contribution < -0.4 is 0 Å². The summed E-state index contributed by atoms with van der Waals surface area (Å²) in [5.74, 6) is -1.51. The largest absolute Gasteiger partial charge is 0.472 e. The van der Waals surface area contributed by atoms with Gasteiger partial charge in [-0.1, -0.05) is 113 Å². The lowest BCUT2D eigenvalue weighted by Gasteiger charge is -2.43. The van der Waals surface area contributed by atoms with E-state index < -0.39 is 95.7 Å². The molecule has 0 aromatic carbocycles. The van der Waals surface area contributed by atoms with Crippen LogP contribution in [0.15, 0.2) is 60.8 Å². The first-order valence-corrected chi connectivity index (χ1v) is 26.0. The van der Waals surface area contributed by atoms with Crippen molar-refractivity contribution in [1.82, 2.24) is 0 Å². The molecule has 0 saturated heterocycles. The third-order valence-corrected chi connectivity index (χ3v) is 11.8. The molecule has 1 rings (SSSR count). The summed E-state index contributed by atoms with van der Waals surface area (Å²) in [6.07, 6.45) is 17.7. The van der Waals surface area contributed by atoms with E-state index in [1.807, 2.05) is 18.2 Å². The average molecular weight is 969 g/mol. The number of allylic oxidation sites excluding steroid dienone is 9. The van der Waals surface area contributed by atoms with Gasteiger partial charge in [-0.15, -0.1) is 0 Å². The highest BCUT2D eigenvalue weighted by Gasteiger charge is 2.54. The number of rotatable bonds is 37. The van der Waals surface area contributed by atoms with Crippen molar-refractivity contribution in [1.29, 1.82) is 0 Å². The third-order valence-electron chi connectivity index (χ3n) is 10.3. The molecule has 65 heavy (non-hydrogen) atoms. The molecule has 10 atom stereocenters. The van der Waals surface area contributed by atoms with E-state index in [0.29, 0.717) is 12.8 Å². The van der Waals surface area contributed by atoms with Crippen LogP contribution in [0.2, 0.25) is 0 Å². The van der Waals surface area contributed by atoms with Gasteiger partial charge in [-0.25, -0.2) is 9.13 Å². The maximum absolute atomic E-state index is 13.0. The van der Waals surface area contributed by atoms with Crippen LogP contribution in [-0.4, -0.2) is 125 Å². The van der Waals surface area contributed by atoms with Crippen LogP contribution >= 0.6 is 15.6 Å². The number of aliphatic hydroxyl groups is 6. The molecule has 5 unspecified atom stereocenters. The zero-order valence-corrected chi connectivity index (χ0v) is 39.9. The van der Waals surface area contributed by atoms with Crippen LogP contribution in [0.3, 0.4) is 0 Å². The molecule has 0 amide bonds. The van der Waals surface area contributed by atoms with E-state index in [1.54, 1.807) is 6.08 Å². The number of aliphatic hydroxyl groups excluding tert-OH is 6. The molecule has 0 heterocycles. The number of phosphoric ester groups is 2. The number of carbonyl (C=O) groups is 2. The van der Waals surface area contributed by atoms with E-state index in [2.05, 4.69) is 54.8 Å². The summed E-state index contributed by atoms with van der Waals surface area (Å²) < 4.78 is 49.1. The topological polar surface area (TPSA) is 296 Å². The first-order chi connectivity index (χ1) is 30.9. The first-order valence-electron chi connectivity index (χ1n) is 23.0. The van der Waals surface area contributed by atoms with Crippen LogP contribution in [0, 0.1) is 0 Å². The second-order valence-electron chi connectivity index (χ2n) is 16.0. The highest BCUT2D eigenvalue weighted by atomic mass is 31.2. The average Bonchev–Trinajstić information content (AvgIpc) is 3.25. The van der Waals surface area contributed by atoms with E-state index in [9.17, 15) is 54.3 Å². The van der Waals surface area contributed by atoms with E-state index in [1.165, 1.54) is 25.7 Å². The quantitative estimate of drug-likeness (QED) is 0.0144. The summed E-state index contributed by atoms with van der Waals surface area (Å²) in [5, 5.41) is 62.0. The van der Waals surface area contributed by atoms with Crippen molar-refractivity contribution in [3.05, 3.63) is 60.8 Å². The molecule has 0 aliphatic heterocycles. The summed E-state index contributed by atoms with van der Waals surface area (Å²) in [4.78, 5) is 54.3. The molecule has 376 valence electrons. The van der Waals surface area contributed by atoms with Crippen molar-refractivity contribution >= 4 is 27.6 Å². The molecular weight excluding hydrogens is 890 g/mol. The lowest BCUT2D eigenvalue weighted by Crippen LogP contribution is -2.64. The second-order valence-corrected chi connectivity index (χ2v) is 18.6. The predicted octanol–water partition coefficient (Wildman–Crippen LogP) is 6.22. The van der Waals surface area contributed by atoms with Crippen LogP contribution in [0.5, 0.6) is 0 Å². The van der Waals surface area contributed by atoms with Gasteiger partial charge in [-0.05, 0) is 77.0 Å². The fourth-order valence-electron chi connectivity index (χ4n) is 6.58. The molecule has 0 aromatic rings. The summed E-state index contributed by atoms with van der Waals surface area (Å²) in [6, 6.07) is 0. The van der Waals surface area contributed by atoms with Crippen LogP contribution in [0.25, 0.3) is 0 Å². The number of unbranched alkanes of at least 4 members (excludes halogenated alkanes) is 9. The molecular formula is C45H78O18P2. The Kier molecular flexibility index (Phi) is 33.3. The van der Waals surface area contributed by atoms with Crippen molar-refractivity contribution < 1.29 is 87.1 Å². The molecule has 9 N–H and O–H groups in total. The number of phosphoric acid groups is 2. The van der Waals surface area contributed by atoms with Crippen LogP contribution in [0.4, 0.5) is 0 Å². The Hall–Kier alpha value is -2.38. The Balaban J connectivity index is 2.74. The highest BCUT2D eigenvalue weighted by Crippen LogP contribution is 2.49. The maximum Gasteiger partial charge on any atom is 0.472 e. The smallest absolute Gasteiger partial charge is 0.462 e. The molecule has 1 aliphatic rings. The second kappa shape index (κ2) is 35.7. The zero-order chi connectivity index (χ0) is 48.5. The lowest BCUT2D eigenvalue weighted by atomic mass is 9.85. The molecule has 1 aliphatic carbocycles. The Labute approximate surface area is 384 Å². The van der Waals surface area contributed by atoms with Gasteiger partial charge in [0.25, 0.3) is 0 Å². The van der Waals surface area contributed by atoms with Crippen LogP contribution in [0.1, 0.15) is 142 Å². The van der Waals surface area contributed by atoms with Crippen LogP contribution in [-0.2, 0) is 41.8 Å². The van der Waals surface area contributed by atoms with E-state index in [4.69, 9.17) is 28.3 Å². The predicted molar refractivity (Wildman–Crippen MR) is 244 cm³/mol. The van der Waals surface area contributed by atoms with Gasteiger partial charge in [0.2, 0.25) is 0 Å². The Morgan fingerprint density at radius 2 is 1.09 bits per heavy atom. The summed E-state index contributed by atoms with van der Waals surface area (Å²) in [6.45, 7) is 2.71. The Bertz CT molecular complexity index is 1530. The first kappa shape index (κ1) is 60.6. The Morgan fingerprint density at radius 3 is 1.68 bits per heavy atom. The van der Waals surface area contributed by atoms with Gasteiger partial charge in [-0.2, -0.15) is 0 Å². The molecule has 18 nitrogen and oxygen atoms in total. The zero-order valence-electron chi connectivity index (χ0n) is 38.1. The molecule has 20 heteroatoms. The lowest BCUT2D eigenvalue weighted by molar-refractivity contribution is -0.216. The molecule has 0 bridgehead atoms. The van der Waals surface area contributed by atoms with Gasteiger partial charge >= 0.3 is 27.6 Å². The molecule has 1 fully saturated rings. The number of hydrogen-bond acceptors (Lipinski definition) is 15. The van der Waals surface area contributed by atoms with Gasteiger partial charge in [0.1, 0.15) is 43.2 Å². The number of esters is 2. The fourth-order valence-corrected chi connectivity index (χ4v) is 8.12. The minimum atomic E-state index is -5.40. The monoisotopic (exact) mass is 968 g/mol. The van der Waals surface area contributed by atoms with Crippen molar-refractivity contribution in [2.45, 2.75) is 197 Å². The van der Waals surface area contributed by atoms with Crippen molar-refractivity contribution in [2.24, 2.45) is 0 Å². The minimum absolute atomic E-state index is 0.0226. The molecule has 0 spiro atoms. The number of carbonyl (C=O) groups excluding carboxylic acids is 2. The van der Waals surface area contributed by atoms with Gasteiger partial charge in [0, 0.05) is 12.8 Å². The minimum Gasteiger partial charge on any atom is -0.462 e. The highest BCUT2D eigenvalue weighted by molar-refractivity contribution is 7.47.